The Morgan fingerprint density at radius 1 is 0.960 bits per heavy atom. The van der Waals surface area contributed by atoms with Gasteiger partial charge in [0.2, 0.25) is 0 Å². The van der Waals surface area contributed by atoms with Crippen molar-refractivity contribution in [2.45, 2.75) is 37.9 Å². The van der Waals surface area contributed by atoms with Crippen molar-refractivity contribution < 1.29 is 13.9 Å². The highest BCUT2D eigenvalue weighted by Crippen LogP contribution is 2.43. The first-order valence-corrected chi connectivity index (χ1v) is 8.98. The molecule has 25 heavy (non-hydrogen) atoms. The van der Waals surface area contributed by atoms with Crippen LogP contribution in [0.15, 0.2) is 48.5 Å². The molecular formula is C21H24FNO2. The predicted octanol–water partition coefficient (Wildman–Crippen LogP) is 4.27. The van der Waals surface area contributed by atoms with Crippen molar-refractivity contribution in [1.82, 2.24) is 4.90 Å². The molecule has 0 N–H and O–H groups in total. The summed E-state index contributed by atoms with van der Waals surface area (Å²) in [4.78, 5) is 2.59. The Balaban J connectivity index is 1.41. The number of fused-ring (bicyclic) bond motifs is 2. The Hall–Kier alpha value is -2.07. The molecule has 3 nitrogen and oxygen atoms in total. The molecule has 1 atom stereocenters. The van der Waals surface area contributed by atoms with Gasteiger partial charge in [-0.15, -0.1) is 0 Å². The lowest BCUT2D eigenvalue weighted by Crippen LogP contribution is -2.57. The third kappa shape index (κ3) is 3.64. The zero-order valence-corrected chi connectivity index (χ0v) is 14.5. The van der Waals surface area contributed by atoms with Crippen molar-refractivity contribution in [2.75, 3.05) is 13.7 Å². The molecule has 0 radical (unpaired) electrons. The Labute approximate surface area is 148 Å². The number of halogens is 1. The van der Waals surface area contributed by atoms with Crippen molar-refractivity contribution in [1.29, 1.82) is 0 Å². The number of hydrogen-bond acceptors (Lipinski definition) is 3. The van der Waals surface area contributed by atoms with E-state index in [-0.39, 0.29) is 5.82 Å². The van der Waals surface area contributed by atoms with Gasteiger partial charge in [-0.25, -0.2) is 4.39 Å². The van der Waals surface area contributed by atoms with Crippen molar-refractivity contribution in [3.05, 3.63) is 59.9 Å². The van der Waals surface area contributed by atoms with E-state index in [1.807, 2.05) is 12.1 Å². The number of hydrogen-bond donors (Lipinski definition) is 0. The van der Waals surface area contributed by atoms with Crippen LogP contribution in [-0.2, 0) is 6.54 Å². The van der Waals surface area contributed by atoms with Crippen LogP contribution in [-0.4, -0.2) is 30.7 Å². The van der Waals surface area contributed by atoms with Gasteiger partial charge in [-0.2, -0.15) is 0 Å². The van der Waals surface area contributed by atoms with E-state index in [0.29, 0.717) is 18.7 Å². The second-order valence-electron chi connectivity index (χ2n) is 7.17. The van der Waals surface area contributed by atoms with Crippen LogP contribution >= 0.6 is 0 Å². The molecule has 0 spiro atoms. The zero-order chi connectivity index (χ0) is 17.2. The molecule has 2 heterocycles. The molecule has 1 aliphatic carbocycles. The van der Waals surface area contributed by atoms with Crippen LogP contribution in [0.5, 0.6) is 11.5 Å². The van der Waals surface area contributed by atoms with Gasteiger partial charge >= 0.3 is 0 Å². The average Bonchev–Trinajstić information content (AvgIpc) is 2.62. The molecule has 5 rings (SSSR count). The van der Waals surface area contributed by atoms with E-state index >= 15 is 0 Å². The van der Waals surface area contributed by atoms with Crippen LogP contribution < -0.4 is 9.47 Å². The molecule has 3 fully saturated rings. The fourth-order valence-electron chi connectivity index (χ4n) is 4.07. The lowest BCUT2D eigenvalue weighted by molar-refractivity contribution is -0.0526. The highest BCUT2D eigenvalue weighted by molar-refractivity contribution is 5.27. The quantitative estimate of drug-likeness (QED) is 0.783. The topological polar surface area (TPSA) is 21.7 Å². The molecule has 0 aromatic heterocycles. The van der Waals surface area contributed by atoms with Gasteiger partial charge in [0.1, 0.15) is 23.9 Å². The van der Waals surface area contributed by atoms with Gasteiger partial charge in [-0.1, -0.05) is 12.1 Å². The summed E-state index contributed by atoms with van der Waals surface area (Å²) in [7, 11) is 1.69. The summed E-state index contributed by atoms with van der Waals surface area (Å²) in [6.45, 7) is 1.60. The van der Waals surface area contributed by atoms with Crippen LogP contribution in [0.2, 0.25) is 0 Å². The first kappa shape index (κ1) is 16.4. The Morgan fingerprint density at radius 2 is 1.64 bits per heavy atom. The van der Waals surface area contributed by atoms with E-state index < -0.39 is 0 Å². The van der Waals surface area contributed by atoms with E-state index in [1.165, 1.54) is 37.0 Å². The number of piperidine rings is 2. The van der Waals surface area contributed by atoms with Gasteiger partial charge in [0.15, 0.2) is 0 Å². The fourth-order valence-corrected chi connectivity index (χ4v) is 4.07. The number of methoxy groups -OCH3 is 1. The standard InChI is InChI=1S/C21H24FNO2/c1-24-20-6-2-15(3-7-20)13-23-18-10-16(11-18)12-19(23)14-25-21-8-4-17(22)5-9-21/h2-9,16,18-19H,10-14H2,1H3. The smallest absolute Gasteiger partial charge is 0.123 e. The second-order valence-corrected chi connectivity index (χ2v) is 7.17. The molecule has 132 valence electrons. The molecular weight excluding hydrogens is 317 g/mol. The number of nitrogens with zero attached hydrogens (tertiary/aromatic N) is 1. The van der Waals surface area contributed by atoms with Crippen molar-refractivity contribution in [3.8, 4) is 11.5 Å². The van der Waals surface area contributed by atoms with Gasteiger partial charge < -0.3 is 9.47 Å². The van der Waals surface area contributed by atoms with Crippen LogP contribution in [0.4, 0.5) is 4.39 Å². The summed E-state index contributed by atoms with van der Waals surface area (Å²) >= 11 is 0. The molecule has 2 bridgehead atoms. The van der Waals surface area contributed by atoms with Crippen LogP contribution in [0.1, 0.15) is 24.8 Å². The maximum Gasteiger partial charge on any atom is 0.123 e. The Morgan fingerprint density at radius 3 is 2.32 bits per heavy atom. The van der Waals surface area contributed by atoms with Crippen molar-refractivity contribution >= 4 is 0 Å². The van der Waals surface area contributed by atoms with E-state index in [1.54, 1.807) is 19.2 Å². The minimum Gasteiger partial charge on any atom is -0.497 e. The molecule has 3 aliphatic rings. The fraction of sp³-hybridized carbons (Fsp3) is 0.429. The summed E-state index contributed by atoms with van der Waals surface area (Å²) in [5, 5.41) is 0. The minimum absolute atomic E-state index is 0.229. The van der Waals surface area contributed by atoms with Crippen molar-refractivity contribution in [3.63, 3.8) is 0 Å². The van der Waals surface area contributed by atoms with Crippen molar-refractivity contribution in [2.24, 2.45) is 5.92 Å². The lowest BCUT2D eigenvalue weighted by Gasteiger charge is -2.53. The van der Waals surface area contributed by atoms with Gasteiger partial charge in [0.25, 0.3) is 0 Å². The first-order valence-electron chi connectivity index (χ1n) is 8.98. The highest BCUT2D eigenvalue weighted by atomic mass is 19.1. The van der Waals surface area contributed by atoms with Crippen LogP contribution in [0.3, 0.4) is 0 Å². The summed E-state index contributed by atoms with van der Waals surface area (Å²) in [6.07, 6.45) is 3.81. The third-order valence-corrected chi connectivity index (χ3v) is 5.53. The monoisotopic (exact) mass is 341 g/mol. The predicted molar refractivity (Wildman–Crippen MR) is 95.3 cm³/mol. The largest absolute Gasteiger partial charge is 0.497 e. The maximum absolute atomic E-state index is 13.0. The molecule has 1 unspecified atom stereocenters. The first-order chi connectivity index (χ1) is 12.2. The second kappa shape index (κ2) is 7.04. The lowest BCUT2D eigenvalue weighted by atomic mass is 9.70. The molecule has 0 amide bonds. The Kier molecular flexibility index (Phi) is 4.62. The normalized spacial score (nSPS) is 25.3. The van der Waals surface area contributed by atoms with E-state index in [0.717, 1.165) is 24.0 Å². The van der Waals surface area contributed by atoms with Gasteiger partial charge in [-0.05, 0) is 67.1 Å². The molecule has 2 aliphatic heterocycles. The number of ether oxygens (including phenoxy) is 2. The average molecular weight is 341 g/mol. The number of benzene rings is 2. The van der Waals surface area contributed by atoms with E-state index in [4.69, 9.17) is 9.47 Å². The van der Waals surface area contributed by atoms with E-state index in [9.17, 15) is 4.39 Å². The SMILES string of the molecule is COc1ccc(CN2C(COc3ccc(F)cc3)CC3CC2C3)cc1. The molecule has 2 aromatic rings. The Bertz CT molecular complexity index is 695. The minimum atomic E-state index is -0.229. The third-order valence-electron chi connectivity index (χ3n) is 5.53. The summed E-state index contributed by atoms with van der Waals surface area (Å²) in [6, 6.07) is 15.7. The summed E-state index contributed by atoms with van der Waals surface area (Å²) < 4.78 is 24.2. The van der Waals surface area contributed by atoms with Crippen LogP contribution in [0, 0.1) is 11.7 Å². The molecule has 1 saturated carbocycles. The summed E-state index contributed by atoms with van der Waals surface area (Å²) in [5.41, 5.74) is 1.30. The summed E-state index contributed by atoms with van der Waals surface area (Å²) in [5.74, 6) is 2.25. The van der Waals surface area contributed by atoms with Gasteiger partial charge in [0, 0.05) is 18.6 Å². The maximum atomic E-state index is 13.0. The van der Waals surface area contributed by atoms with Gasteiger partial charge in [-0.3, -0.25) is 4.90 Å². The zero-order valence-electron chi connectivity index (χ0n) is 14.5. The molecule has 2 aromatic carbocycles. The van der Waals surface area contributed by atoms with E-state index in [2.05, 4.69) is 17.0 Å². The highest BCUT2D eigenvalue weighted by Gasteiger charge is 2.43. The number of rotatable bonds is 6. The molecule has 4 heteroatoms. The molecule has 2 saturated heterocycles. The van der Waals surface area contributed by atoms with Crippen LogP contribution in [0.25, 0.3) is 0 Å². The van der Waals surface area contributed by atoms with Gasteiger partial charge in [0.05, 0.1) is 7.11 Å².